The number of benzene rings is 1. The average Bonchev–Trinajstić information content (AvgIpc) is 2.54. The molecule has 1 aromatic carbocycles. The van der Waals surface area contributed by atoms with E-state index in [1.165, 1.54) is 23.1 Å². The third kappa shape index (κ3) is 3.77. The highest BCUT2D eigenvalue weighted by Gasteiger charge is 2.46. The SMILES string of the molecule is CN(CC1(O)CCOC2(CCNCC2)C1)C(=O)c1cccc(F)c1. The summed E-state index contributed by atoms with van der Waals surface area (Å²) in [6.45, 7) is 2.49. The van der Waals surface area contributed by atoms with Crippen LogP contribution in [0.15, 0.2) is 24.3 Å². The number of piperidine rings is 1. The molecule has 2 heterocycles. The molecular formula is C18H25FN2O3. The van der Waals surface area contributed by atoms with Crippen molar-refractivity contribution in [3.8, 4) is 0 Å². The Morgan fingerprint density at radius 1 is 1.38 bits per heavy atom. The summed E-state index contributed by atoms with van der Waals surface area (Å²) in [5.74, 6) is -0.721. The maximum atomic E-state index is 13.3. The molecule has 6 heteroatoms. The minimum absolute atomic E-state index is 0.223. The molecule has 1 aromatic rings. The molecule has 24 heavy (non-hydrogen) atoms. The van der Waals surface area contributed by atoms with Crippen LogP contribution in [0.5, 0.6) is 0 Å². The first-order chi connectivity index (χ1) is 11.4. The first-order valence-electron chi connectivity index (χ1n) is 8.50. The van der Waals surface area contributed by atoms with E-state index in [9.17, 15) is 14.3 Å². The lowest BCUT2D eigenvalue weighted by molar-refractivity contribution is -0.173. The summed E-state index contributed by atoms with van der Waals surface area (Å²) in [4.78, 5) is 14.0. The van der Waals surface area contributed by atoms with Gasteiger partial charge in [0.05, 0.1) is 17.8 Å². The fourth-order valence-corrected chi connectivity index (χ4v) is 3.89. The lowest BCUT2D eigenvalue weighted by Crippen LogP contribution is -2.57. The zero-order valence-corrected chi connectivity index (χ0v) is 14.1. The zero-order valence-electron chi connectivity index (χ0n) is 14.1. The molecule has 2 fully saturated rings. The molecule has 0 saturated carbocycles. The smallest absolute Gasteiger partial charge is 0.253 e. The van der Waals surface area contributed by atoms with Gasteiger partial charge in [-0.3, -0.25) is 4.79 Å². The van der Waals surface area contributed by atoms with Gasteiger partial charge in [0.25, 0.3) is 5.91 Å². The highest BCUT2D eigenvalue weighted by atomic mass is 19.1. The molecule has 1 atom stereocenters. The predicted molar refractivity (Wildman–Crippen MR) is 88.3 cm³/mol. The minimum Gasteiger partial charge on any atom is -0.388 e. The fourth-order valence-electron chi connectivity index (χ4n) is 3.89. The largest absolute Gasteiger partial charge is 0.388 e. The molecule has 1 unspecified atom stereocenters. The number of aliphatic hydroxyl groups is 1. The molecule has 2 saturated heterocycles. The molecule has 132 valence electrons. The zero-order chi connectivity index (χ0) is 17.2. The summed E-state index contributed by atoms with van der Waals surface area (Å²) in [7, 11) is 1.65. The van der Waals surface area contributed by atoms with E-state index in [1.807, 2.05) is 0 Å². The molecule has 0 bridgehead atoms. The van der Waals surface area contributed by atoms with Gasteiger partial charge in [0.1, 0.15) is 5.82 Å². The Labute approximate surface area is 141 Å². The number of hydrogen-bond acceptors (Lipinski definition) is 4. The Morgan fingerprint density at radius 3 is 2.83 bits per heavy atom. The third-order valence-electron chi connectivity index (χ3n) is 5.09. The van der Waals surface area contributed by atoms with Gasteiger partial charge in [-0.1, -0.05) is 6.07 Å². The van der Waals surface area contributed by atoms with E-state index in [-0.39, 0.29) is 18.1 Å². The van der Waals surface area contributed by atoms with Crippen molar-refractivity contribution in [1.29, 1.82) is 0 Å². The van der Waals surface area contributed by atoms with Gasteiger partial charge in [-0.05, 0) is 44.1 Å². The Hall–Kier alpha value is -1.50. The number of likely N-dealkylation sites (N-methyl/N-ethyl adjacent to an activating group) is 1. The second-order valence-electron chi connectivity index (χ2n) is 7.10. The lowest BCUT2D eigenvalue weighted by atomic mass is 9.77. The standard InChI is InChI=1S/C18H25FN2O3/c1-21(16(22)14-3-2-4-15(19)11-14)13-17(23)7-10-24-18(12-17)5-8-20-9-6-18/h2-4,11,20,23H,5-10,12-13H2,1H3. The van der Waals surface area contributed by atoms with Gasteiger partial charge in [-0.15, -0.1) is 0 Å². The maximum absolute atomic E-state index is 13.3. The Balaban J connectivity index is 1.68. The number of nitrogens with zero attached hydrogens (tertiary/aromatic N) is 1. The van der Waals surface area contributed by atoms with E-state index in [1.54, 1.807) is 13.1 Å². The van der Waals surface area contributed by atoms with Crippen molar-refractivity contribution in [2.24, 2.45) is 0 Å². The highest BCUT2D eigenvalue weighted by molar-refractivity contribution is 5.94. The van der Waals surface area contributed by atoms with Gasteiger partial charge in [-0.2, -0.15) is 0 Å². The Kier molecular flexibility index (Phi) is 4.90. The second kappa shape index (κ2) is 6.78. The van der Waals surface area contributed by atoms with Crippen molar-refractivity contribution >= 4 is 5.91 Å². The molecule has 0 radical (unpaired) electrons. The average molecular weight is 336 g/mol. The van der Waals surface area contributed by atoms with Crippen LogP contribution in [-0.2, 0) is 4.74 Å². The third-order valence-corrected chi connectivity index (χ3v) is 5.09. The van der Waals surface area contributed by atoms with Gasteiger partial charge in [0.15, 0.2) is 0 Å². The van der Waals surface area contributed by atoms with Crippen LogP contribution in [0.3, 0.4) is 0 Å². The van der Waals surface area contributed by atoms with Crippen LogP contribution in [-0.4, -0.2) is 60.4 Å². The molecule has 1 spiro atoms. The van der Waals surface area contributed by atoms with E-state index in [2.05, 4.69) is 5.32 Å². The summed E-state index contributed by atoms with van der Waals surface area (Å²) >= 11 is 0. The molecule has 0 aromatic heterocycles. The summed E-state index contributed by atoms with van der Waals surface area (Å²) in [6, 6.07) is 5.64. The van der Waals surface area contributed by atoms with E-state index in [4.69, 9.17) is 4.74 Å². The molecule has 0 aliphatic carbocycles. The summed E-state index contributed by atoms with van der Waals surface area (Å²) in [5, 5.41) is 14.3. The van der Waals surface area contributed by atoms with Gasteiger partial charge in [-0.25, -0.2) is 4.39 Å². The van der Waals surface area contributed by atoms with E-state index < -0.39 is 11.4 Å². The van der Waals surface area contributed by atoms with Crippen molar-refractivity contribution in [2.45, 2.75) is 36.9 Å². The van der Waals surface area contributed by atoms with Crippen LogP contribution >= 0.6 is 0 Å². The molecule has 5 nitrogen and oxygen atoms in total. The maximum Gasteiger partial charge on any atom is 0.253 e. The summed E-state index contributed by atoms with van der Waals surface area (Å²) < 4.78 is 19.3. The number of amides is 1. The van der Waals surface area contributed by atoms with Crippen molar-refractivity contribution in [3.63, 3.8) is 0 Å². The van der Waals surface area contributed by atoms with Gasteiger partial charge >= 0.3 is 0 Å². The van der Waals surface area contributed by atoms with Gasteiger partial charge in [0.2, 0.25) is 0 Å². The monoisotopic (exact) mass is 336 g/mol. The van der Waals surface area contributed by atoms with Crippen LogP contribution in [0, 0.1) is 5.82 Å². The van der Waals surface area contributed by atoms with Crippen LogP contribution in [0.4, 0.5) is 4.39 Å². The van der Waals surface area contributed by atoms with Crippen molar-refractivity contribution in [3.05, 3.63) is 35.6 Å². The van der Waals surface area contributed by atoms with Crippen LogP contribution < -0.4 is 5.32 Å². The molecule has 1 amide bonds. The summed E-state index contributed by atoms with van der Waals surface area (Å²) in [6.07, 6.45) is 2.78. The first kappa shape index (κ1) is 17.3. The minimum atomic E-state index is -0.965. The number of nitrogens with one attached hydrogen (secondary N) is 1. The predicted octanol–water partition coefficient (Wildman–Crippen LogP) is 1.56. The quantitative estimate of drug-likeness (QED) is 0.879. The fraction of sp³-hybridized carbons (Fsp3) is 0.611. The number of carbonyl (C=O) groups is 1. The second-order valence-corrected chi connectivity index (χ2v) is 7.10. The number of hydrogen-bond donors (Lipinski definition) is 2. The Bertz CT molecular complexity index is 598. The highest BCUT2D eigenvalue weighted by Crippen LogP contribution is 2.38. The van der Waals surface area contributed by atoms with E-state index >= 15 is 0 Å². The molecule has 2 aliphatic heterocycles. The number of rotatable bonds is 3. The lowest BCUT2D eigenvalue weighted by Gasteiger charge is -2.48. The van der Waals surface area contributed by atoms with Gasteiger partial charge < -0.3 is 20.1 Å². The van der Waals surface area contributed by atoms with Gasteiger partial charge in [0, 0.05) is 32.0 Å². The number of carbonyl (C=O) groups excluding carboxylic acids is 1. The molecule has 2 aliphatic rings. The summed E-state index contributed by atoms with van der Waals surface area (Å²) in [5.41, 5.74) is -0.960. The van der Waals surface area contributed by atoms with E-state index in [0.29, 0.717) is 25.0 Å². The molecular weight excluding hydrogens is 311 g/mol. The van der Waals surface area contributed by atoms with Crippen LogP contribution in [0.2, 0.25) is 0 Å². The normalized spacial score (nSPS) is 26.3. The topological polar surface area (TPSA) is 61.8 Å². The number of halogens is 1. The Morgan fingerprint density at radius 2 is 2.12 bits per heavy atom. The number of ether oxygens (including phenoxy) is 1. The molecule has 3 rings (SSSR count). The van der Waals surface area contributed by atoms with Crippen molar-refractivity contribution < 1.29 is 19.0 Å². The van der Waals surface area contributed by atoms with Crippen LogP contribution in [0.1, 0.15) is 36.0 Å². The van der Waals surface area contributed by atoms with Crippen molar-refractivity contribution in [1.82, 2.24) is 10.2 Å². The first-order valence-corrected chi connectivity index (χ1v) is 8.50. The molecule has 2 N–H and O–H groups in total. The van der Waals surface area contributed by atoms with Crippen molar-refractivity contribution in [2.75, 3.05) is 33.3 Å². The van der Waals surface area contributed by atoms with E-state index in [0.717, 1.165) is 25.9 Å². The van der Waals surface area contributed by atoms with Crippen LogP contribution in [0.25, 0.3) is 0 Å².